The van der Waals surface area contributed by atoms with E-state index in [1.165, 1.54) is 6.42 Å². The van der Waals surface area contributed by atoms with E-state index in [0.29, 0.717) is 11.3 Å². The summed E-state index contributed by atoms with van der Waals surface area (Å²) in [7, 11) is 1.83. The van der Waals surface area contributed by atoms with Crippen molar-refractivity contribution in [3.8, 4) is 0 Å². The van der Waals surface area contributed by atoms with Crippen molar-refractivity contribution in [2.24, 2.45) is 11.7 Å². The number of carbonyl (C=O) groups excluding carboxylic acids is 2. The first kappa shape index (κ1) is 18.3. The van der Waals surface area contributed by atoms with Crippen molar-refractivity contribution < 1.29 is 9.59 Å². The molecule has 1 aliphatic carbocycles. The molecule has 1 aliphatic rings. The van der Waals surface area contributed by atoms with Crippen LogP contribution in [0.5, 0.6) is 0 Å². The molecule has 1 rings (SSSR count). The summed E-state index contributed by atoms with van der Waals surface area (Å²) in [5, 5.41) is 3.31. The lowest BCUT2D eigenvalue weighted by molar-refractivity contribution is -0.133. The van der Waals surface area contributed by atoms with E-state index in [1.807, 2.05) is 32.7 Å². The zero-order valence-electron chi connectivity index (χ0n) is 13.6. The lowest BCUT2D eigenvalue weighted by Crippen LogP contribution is -2.48. The van der Waals surface area contributed by atoms with Crippen LogP contribution in [-0.2, 0) is 9.59 Å². The number of nitrogens with one attached hydrogen (secondary N) is 1. The van der Waals surface area contributed by atoms with Crippen molar-refractivity contribution in [2.45, 2.75) is 57.4 Å². The Morgan fingerprint density at radius 1 is 1.38 bits per heavy atom. The quantitative estimate of drug-likeness (QED) is 0.741. The average Bonchev–Trinajstić information content (AvgIpc) is 2.91. The Balaban J connectivity index is 2.37. The van der Waals surface area contributed by atoms with Gasteiger partial charge in [0.15, 0.2) is 0 Å². The minimum Gasteiger partial charge on any atom is -0.346 e. The molecular formula is C15H29N3O2S. The first-order chi connectivity index (χ1) is 9.86. The molecule has 0 spiro atoms. The van der Waals surface area contributed by atoms with Gasteiger partial charge in [-0.15, -0.1) is 0 Å². The number of thioether (sulfide) groups is 1. The molecule has 0 bridgehead atoms. The number of nitrogens with zero attached hydrogens (tertiary/aromatic N) is 1. The smallest absolute Gasteiger partial charge is 0.241 e. The van der Waals surface area contributed by atoms with Crippen molar-refractivity contribution in [1.82, 2.24) is 10.2 Å². The monoisotopic (exact) mass is 315 g/mol. The molecule has 0 radical (unpaired) electrons. The second-order valence-electron chi connectivity index (χ2n) is 6.04. The Morgan fingerprint density at radius 3 is 2.62 bits per heavy atom. The predicted molar refractivity (Wildman–Crippen MR) is 88.2 cm³/mol. The van der Waals surface area contributed by atoms with Crippen LogP contribution in [0.2, 0.25) is 0 Å². The molecule has 0 aromatic rings. The van der Waals surface area contributed by atoms with E-state index in [0.717, 1.165) is 18.6 Å². The second kappa shape index (κ2) is 8.63. The van der Waals surface area contributed by atoms with Crippen molar-refractivity contribution in [3.63, 3.8) is 0 Å². The third kappa shape index (κ3) is 5.51. The highest BCUT2D eigenvalue weighted by Crippen LogP contribution is 2.32. The fourth-order valence-electron chi connectivity index (χ4n) is 2.57. The maximum absolute atomic E-state index is 12.2. The second-order valence-corrected chi connectivity index (χ2v) is 7.61. The maximum atomic E-state index is 12.2. The molecule has 3 atom stereocenters. The summed E-state index contributed by atoms with van der Waals surface area (Å²) in [6, 6.07) is -0.253. The zero-order chi connectivity index (χ0) is 16.0. The highest BCUT2D eigenvalue weighted by Gasteiger charge is 2.30. The first-order valence-electron chi connectivity index (χ1n) is 7.77. The molecule has 122 valence electrons. The summed E-state index contributed by atoms with van der Waals surface area (Å²) in [6.45, 7) is 5.99. The van der Waals surface area contributed by atoms with Gasteiger partial charge in [-0.25, -0.2) is 0 Å². The molecule has 1 fully saturated rings. The van der Waals surface area contributed by atoms with Gasteiger partial charge in [0.1, 0.15) is 0 Å². The van der Waals surface area contributed by atoms with Gasteiger partial charge in [0, 0.05) is 18.3 Å². The summed E-state index contributed by atoms with van der Waals surface area (Å²) in [5.74, 6) is 0.904. The fraction of sp³-hybridized carbons (Fsp3) is 0.867. The van der Waals surface area contributed by atoms with Gasteiger partial charge in [0.25, 0.3) is 0 Å². The molecule has 0 heterocycles. The van der Waals surface area contributed by atoms with Crippen LogP contribution in [0.4, 0.5) is 0 Å². The Labute approximate surface area is 132 Å². The normalized spacial score (nSPS) is 23.1. The van der Waals surface area contributed by atoms with Crippen molar-refractivity contribution in [3.05, 3.63) is 0 Å². The van der Waals surface area contributed by atoms with E-state index in [2.05, 4.69) is 12.2 Å². The van der Waals surface area contributed by atoms with E-state index in [4.69, 9.17) is 5.73 Å². The molecule has 0 saturated heterocycles. The number of hydrogen-bond donors (Lipinski definition) is 2. The predicted octanol–water partition coefficient (Wildman–Crippen LogP) is 1.22. The van der Waals surface area contributed by atoms with E-state index >= 15 is 0 Å². The van der Waals surface area contributed by atoms with E-state index in [9.17, 15) is 9.59 Å². The van der Waals surface area contributed by atoms with Crippen LogP contribution in [0.25, 0.3) is 0 Å². The molecule has 2 amide bonds. The maximum Gasteiger partial charge on any atom is 0.241 e. The lowest BCUT2D eigenvalue weighted by atomic mass is 10.1. The fourth-order valence-corrected chi connectivity index (χ4v) is 3.70. The van der Waals surface area contributed by atoms with Gasteiger partial charge in [-0.2, -0.15) is 11.8 Å². The van der Waals surface area contributed by atoms with Crippen LogP contribution >= 0.6 is 11.8 Å². The Morgan fingerprint density at radius 2 is 2.05 bits per heavy atom. The molecule has 5 nitrogen and oxygen atoms in total. The van der Waals surface area contributed by atoms with Crippen molar-refractivity contribution in [1.29, 1.82) is 0 Å². The number of carbonyl (C=O) groups is 2. The van der Waals surface area contributed by atoms with Crippen LogP contribution in [0, 0.1) is 5.92 Å². The van der Waals surface area contributed by atoms with Gasteiger partial charge >= 0.3 is 0 Å². The van der Waals surface area contributed by atoms with Gasteiger partial charge in [0.05, 0.1) is 12.6 Å². The Hall–Kier alpha value is -0.750. The molecule has 0 aliphatic heterocycles. The summed E-state index contributed by atoms with van der Waals surface area (Å²) in [6.07, 6.45) is 3.28. The zero-order valence-corrected chi connectivity index (χ0v) is 14.4. The third-order valence-electron chi connectivity index (χ3n) is 4.14. The molecule has 1 saturated carbocycles. The average molecular weight is 315 g/mol. The van der Waals surface area contributed by atoms with E-state index in [-0.39, 0.29) is 24.3 Å². The molecule has 2 unspecified atom stereocenters. The Kier molecular flexibility index (Phi) is 7.52. The summed E-state index contributed by atoms with van der Waals surface area (Å²) in [4.78, 5) is 25.7. The highest BCUT2D eigenvalue weighted by molar-refractivity contribution is 7.99. The summed E-state index contributed by atoms with van der Waals surface area (Å²) in [5.41, 5.74) is 5.76. The van der Waals surface area contributed by atoms with Gasteiger partial charge in [-0.05, 0) is 30.9 Å². The van der Waals surface area contributed by atoms with Gasteiger partial charge in [0.2, 0.25) is 11.8 Å². The number of amides is 2. The van der Waals surface area contributed by atoms with E-state index in [1.54, 1.807) is 4.90 Å². The largest absolute Gasteiger partial charge is 0.346 e. The lowest BCUT2D eigenvalue weighted by Gasteiger charge is -2.25. The van der Waals surface area contributed by atoms with Gasteiger partial charge < -0.3 is 16.0 Å². The van der Waals surface area contributed by atoms with E-state index < -0.39 is 6.04 Å². The van der Waals surface area contributed by atoms with Crippen LogP contribution in [0.3, 0.4) is 0 Å². The number of likely N-dealkylation sites (N-methyl/N-ethyl adjacent to an activating group) is 1. The van der Waals surface area contributed by atoms with Crippen LogP contribution < -0.4 is 11.1 Å². The standard InChI is InChI=1S/C15H29N3O2S/c1-5-21-12-7-6-11(8-12)18(4)13(19)9-17-15(20)14(16)10(2)3/h10-12,14H,5-9,16H2,1-4H3,(H,17,20)/t11?,12?,14-/m0/s1. The third-order valence-corrected chi connectivity index (χ3v) is 5.37. The topological polar surface area (TPSA) is 75.4 Å². The number of rotatable bonds is 7. The molecule has 0 aromatic heterocycles. The number of nitrogens with two attached hydrogens (primary N) is 1. The van der Waals surface area contributed by atoms with Crippen molar-refractivity contribution >= 4 is 23.6 Å². The van der Waals surface area contributed by atoms with Gasteiger partial charge in [-0.1, -0.05) is 20.8 Å². The minimum atomic E-state index is -0.556. The Bertz CT molecular complexity index is 363. The first-order valence-corrected chi connectivity index (χ1v) is 8.82. The van der Waals surface area contributed by atoms with Crippen LogP contribution in [0.15, 0.2) is 0 Å². The molecule has 21 heavy (non-hydrogen) atoms. The number of hydrogen-bond acceptors (Lipinski definition) is 4. The van der Waals surface area contributed by atoms with Crippen LogP contribution in [0.1, 0.15) is 40.0 Å². The molecule has 0 aromatic carbocycles. The minimum absolute atomic E-state index is 0.0357. The molecular weight excluding hydrogens is 286 g/mol. The summed E-state index contributed by atoms with van der Waals surface area (Å²) >= 11 is 1.97. The molecule has 3 N–H and O–H groups in total. The van der Waals surface area contributed by atoms with Crippen LogP contribution in [-0.4, -0.2) is 53.4 Å². The molecule has 6 heteroatoms. The van der Waals surface area contributed by atoms with Gasteiger partial charge in [-0.3, -0.25) is 9.59 Å². The SMILES string of the molecule is CCSC1CCC(N(C)C(=O)CNC(=O)[C@@H](N)C(C)C)C1. The summed E-state index contributed by atoms with van der Waals surface area (Å²) < 4.78 is 0. The van der Waals surface area contributed by atoms with Crippen molar-refractivity contribution in [2.75, 3.05) is 19.3 Å². The highest BCUT2D eigenvalue weighted by atomic mass is 32.2.